The molecule has 1 aliphatic carbocycles. The highest BCUT2D eigenvalue weighted by atomic mass is 15.3. The fourth-order valence-corrected chi connectivity index (χ4v) is 3.21. The normalized spacial score (nSPS) is 23.8. The minimum absolute atomic E-state index is 0.150. The number of likely N-dealkylation sites (N-methyl/N-ethyl adjacent to an activating group) is 2. The van der Waals surface area contributed by atoms with Crippen molar-refractivity contribution in [2.45, 2.75) is 52.1 Å². The van der Waals surface area contributed by atoms with Crippen molar-refractivity contribution in [2.75, 3.05) is 33.7 Å². The first-order valence-electron chi connectivity index (χ1n) is 6.92. The van der Waals surface area contributed by atoms with Crippen molar-refractivity contribution in [1.82, 2.24) is 9.80 Å². The molecule has 1 fully saturated rings. The molecule has 1 saturated carbocycles. The summed E-state index contributed by atoms with van der Waals surface area (Å²) in [5, 5.41) is 0. The molecular formula is C14H31N3. The predicted molar refractivity (Wildman–Crippen MR) is 75.2 cm³/mol. The second-order valence-corrected chi connectivity index (χ2v) is 6.44. The number of hydrogen-bond donors (Lipinski definition) is 1. The van der Waals surface area contributed by atoms with Crippen LogP contribution < -0.4 is 5.73 Å². The SMILES string of the molecule is CCN(C(C)CN(C)C)C(C)(CN)C1(C)CC1. The first-order valence-corrected chi connectivity index (χ1v) is 6.92. The summed E-state index contributed by atoms with van der Waals surface area (Å²) >= 11 is 0. The van der Waals surface area contributed by atoms with Crippen LogP contribution in [0.2, 0.25) is 0 Å². The second-order valence-electron chi connectivity index (χ2n) is 6.44. The van der Waals surface area contributed by atoms with Crippen LogP contribution in [-0.4, -0.2) is 55.1 Å². The predicted octanol–water partition coefficient (Wildman–Crippen LogP) is 1.78. The van der Waals surface area contributed by atoms with Gasteiger partial charge >= 0.3 is 0 Å². The van der Waals surface area contributed by atoms with Crippen molar-refractivity contribution in [3.8, 4) is 0 Å². The van der Waals surface area contributed by atoms with Crippen LogP contribution >= 0.6 is 0 Å². The molecule has 0 aromatic carbocycles. The number of nitrogens with two attached hydrogens (primary N) is 1. The van der Waals surface area contributed by atoms with Crippen LogP contribution in [0.25, 0.3) is 0 Å². The minimum Gasteiger partial charge on any atom is -0.329 e. The van der Waals surface area contributed by atoms with Crippen molar-refractivity contribution < 1.29 is 0 Å². The standard InChI is InChI=1S/C14H31N3/c1-7-17(12(2)10-16(5)6)14(4,11-15)13(3)8-9-13/h12H,7-11,15H2,1-6H3. The molecule has 3 heteroatoms. The Kier molecular flexibility index (Phi) is 4.61. The molecule has 2 unspecified atom stereocenters. The van der Waals surface area contributed by atoms with Gasteiger partial charge in [-0.2, -0.15) is 0 Å². The van der Waals surface area contributed by atoms with Gasteiger partial charge in [0.2, 0.25) is 0 Å². The van der Waals surface area contributed by atoms with Gasteiger partial charge < -0.3 is 10.6 Å². The molecule has 102 valence electrons. The fourth-order valence-electron chi connectivity index (χ4n) is 3.21. The summed E-state index contributed by atoms with van der Waals surface area (Å²) in [7, 11) is 4.28. The second kappa shape index (κ2) is 5.25. The quantitative estimate of drug-likeness (QED) is 0.737. The maximum absolute atomic E-state index is 6.12. The molecule has 0 heterocycles. The van der Waals surface area contributed by atoms with Gasteiger partial charge in [-0.25, -0.2) is 0 Å². The summed E-state index contributed by atoms with van der Waals surface area (Å²) in [5.74, 6) is 0. The highest BCUT2D eigenvalue weighted by molar-refractivity contribution is 5.10. The lowest BCUT2D eigenvalue weighted by molar-refractivity contribution is 0.0119. The molecule has 3 nitrogen and oxygen atoms in total. The van der Waals surface area contributed by atoms with Gasteiger partial charge in [0.15, 0.2) is 0 Å². The molecule has 0 aliphatic heterocycles. The highest BCUT2D eigenvalue weighted by Crippen LogP contribution is 2.55. The van der Waals surface area contributed by atoms with Crippen molar-refractivity contribution in [1.29, 1.82) is 0 Å². The molecule has 0 radical (unpaired) electrons. The molecular weight excluding hydrogens is 210 g/mol. The Morgan fingerprint density at radius 1 is 1.35 bits per heavy atom. The average Bonchev–Trinajstić information content (AvgIpc) is 2.97. The molecule has 0 spiro atoms. The van der Waals surface area contributed by atoms with Crippen LogP contribution in [0.4, 0.5) is 0 Å². The summed E-state index contributed by atoms with van der Waals surface area (Å²) in [6.45, 7) is 12.3. The lowest BCUT2D eigenvalue weighted by Crippen LogP contribution is -2.61. The lowest BCUT2D eigenvalue weighted by Gasteiger charge is -2.48. The topological polar surface area (TPSA) is 32.5 Å². The number of nitrogens with zero attached hydrogens (tertiary/aromatic N) is 2. The third-order valence-corrected chi connectivity index (χ3v) is 4.83. The van der Waals surface area contributed by atoms with Gasteiger partial charge in [0.25, 0.3) is 0 Å². The summed E-state index contributed by atoms with van der Waals surface area (Å²) in [4.78, 5) is 4.87. The van der Waals surface area contributed by atoms with E-state index in [0.29, 0.717) is 11.5 Å². The molecule has 2 atom stereocenters. The monoisotopic (exact) mass is 241 g/mol. The summed E-state index contributed by atoms with van der Waals surface area (Å²) < 4.78 is 0. The van der Waals surface area contributed by atoms with E-state index in [1.165, 1.54) is 12.8 Å². The fraction of sp³-hybridized carbons (Fsp3) is 1.00. The molecule has 0 saturated heterocycles. The van der Waals surface area contributed by atoms with E-state index in [4.69, 9.17) is 5.73 Å². The first-order chi connectivity index (χ1) is 7.80. The Hall–Kier alpha value is -0.120. The summed E-state index contributed by atoms with van der Waals surface area (Å²) in [5.41, 5.74) is 6.70. The van der Waals surface area contributed by atoms with E-state index in [0.717, 1.165) is 19.6 Å². The lowest BCUT2D eigenvalue weighted by atomic mass is 9.81. The van der Waals surface area contributed by atoms with Crippen LogP contribution in [0.1, 0.15) is 40.5 Å². The van der Waals surface area contributed by atoms with Gasteiger partial charge in [-0.15, -0.1) is 0 Å². The molecule has 0 aromatic heterocycles. The number of hydrogen-bond acceptors (Lipinski definition) is 3. The molecule has 2 N–H and O–H groups in total. The Morgan fingerprint density at radius 3 is 2.18 bits per heavy atom. The maximum Gasteiger partial charge on any atom is 0.0360 e. The Bertz CT molecular complexity index is 248. The third-order valence-electron chi connectivity index (χ3n) is 4.83. The van der Waals surface area contributed by atoms with E-state index in [2.05, 4.69) is 51.6 Å². The zero-order valence-corrected chi connectivity index (χ0v) is 12.6. The van der Waals surface area contributed by atoms with E-state index < -0.39 is 0 Å². The van der Waals surface area contributed by atoms with Gasteiger partial charge in [0.1, 0.15) is 0 Å². The van der Waals surface area contributed by atoms with Crippen molar-refractivity contribution >= 4 is 0 Å². The van der Waals surface area contributed by atoms with Crippen LogP contribution in [-0.2, 0) is 0 Å². The molecule has 1 aliphatic rings. The van der Waals surface area contributed by atoms with Crippen molar-refractivity contribution in [3.05, 3.63) is 0 Å². The highest BCUT2D eigenvalue weighted by Gasteiger charge is 2.55. The largest absolute Gasteiger partial charge is 0.329 e. The molecule has 1 rings (SSSR count). The molecule has 0 amide bonds. The average molecular weight is 241 g/mol. The smallest absolute Gasteiger partial charge is 0.0360 e. The van der Waals surface area contributed by atoms with E-state index in [9.17, 15) is 0 Å². The van der Waals surface area contributed by atoms with E-state index in [-0.39, 0.29) is 5.54 Å². The van der Waals surface area contributed by atoms with Crippen molar-refractivity contribution in [2.24, 2.45) is 11.1 Å². The summed E-state index contributed by atoms with van der Waals surface area (Å²) in [6.07, 6.45) is 2.65. The van der Waals surface area contributed by atoms with Crippen molar-refractivity contribution in [3.63, 3.8) is 0 Å². The van der Waals surface area contributed by atoms with E-state index in [1.807, 2.05) is 0 Å². The van der Waals surface area contributed by atoms with Gasteiger partial charge in [-0.3, -0.25) is 4.90 Å². The zero-order chi connectivity index (χ0) is 13.3. The summed E-state index contributed by atoms with van der Waals surface area (Å²) in [6, 6.07) is 0.556. The molecule has 0 aromatic rings. The Labute approximate surface area is 107 Å². The van der Waals surface area contributed by atoms with Gasteiger partial charge in [-0.05, 0) is 52.7 Å². The van der Waals surface area contributed by atoms with Crippen LogP contribution in [0, 0.1) is 5.41 Å². The Morgan fingerprint density at radius 2 is 1.88 bits per heavy atom. The number of rotatable bonds is 7. The van der Waals surface area contributed by atoms with Crippen LogP contribution in [0.3, 0.4) is 0 Å². The zero-order valence-electron chi connectivity index (χ0n) is 12.6. The van der Waals surface area contributed by atoms with Gasteiger partial charge in [-0.1, -0.05) is 13.8 Å². The van der Waals surface area contributed by atoms with Crippen LogP contribution in [0.15, 0.2) is 0 Å². The Balaban J connectivity index is 2.83. The van der Waals surface area contributed by atoms with Crippen LogP contribution in [0.5, 0.6) is 0 Å². The molecule has 17 heavy (non-hydrogen) atoms. The first kappa shape index (κ1) is 14.9. The minimum atomic E-state index is 0.150. The molecule has 0 bridgehead atoms. The third kappa shape index (κ3) is 2.83. The van der Waals surface area contributed by atoms with Gasteiger partial charge in [0, 0.05) is 24.7 Å². The van der Waals surface area contributed by atoms with E-state index in [1.54, 1.807) is 0 Å². The van der Waals surface area contributed by atoms with Gasteiger partial charge in [0.05, 0.1) is 0 Å². The maximum atomic E-state index is 6.12. The van der Waals surface area contributed by atoms with E-state index >= 15 is 0 Å².